The summed E-state index contributed by atoms with van der Waals surface area (Å²) in [6.45, 7) is 6.45. The highest BCUT2D eigenvalue weighted by Crippen LogP contribution is 2.21. The van der Waals surface area contributed by atoms with Crippen LogP contribution in [0.5, 0.6) is 0 Å². The maximum absolute atomic E-state index is 11.5. The molecule has 0 spiro atoms. The van der Waals surface area contributed by atoms with Gasteiger partial charge in [-0.05, 0) is 18.9 Å². The zero-order valence-electron chi connectivity index (χ0n) is 11.5. The molecule has 1 fully saturated rings. The number of nitrogens with two attached hydrogens (primary N) is 1. The van der Waals surface area contributed by atoms with Crippen LogP contribution in [-0.2, 0) is 11.3 Å². The van der Waals surface area contributed by atoms with Gasteiger partial charge < -0.3 is 14.9 Å². The number of hydrogen-bond donors (Lipinski definition) is 1. The van der Waals surface area contributed by atoms with E-state index in [2.05, 4.69) is 11.8 Å². The van der Waals surface area contributed by atoms with Gasteiger partial charge in [0.2, 0.25) is 0 Å². The Labute approximate surface area is 119 Å². The van der Waals surface area contributed by atoms with Crippen LogP contribution in [0.1, 0.15) is 28.8 Å². The number of hydrogen-bond acceptors (Lipinski definition) is 5. The fourth-order valence-corrected chi connectivity index (χ4v) is 2.38. The van der Waals surface area contributed by atoms with Crippen molar-refractivity contribution in [1.82, 2.24) is 4.90 Å². The predicted molar refractivity (Wildman–Crippen MR) is 74.4 cm³/mol. The van der Waals surface area contributed by atoms with Crippen molar-refractivity contribution in [1.29, 1.82) is 0 Å². The lowest BCUT2D eigenvalue weighted by molar-refractivity contribution is 0.0599. The standard InChI is InChI=1S/C13H20N2O3.ClH/c1-8-5-15(7-12(8)14)6-10-4-11(9(2)18-10)13(16)17-3;/h4,8,12H,5-7,14H2,1-3H3;1H. The molecular weight excluding hydrogens is 268 g/mol. The highest BCUT2D eigenvalue weighted by molar-refractivity contribution is 5.90. The molecule has 5 nitrogen and oxygen atoms in total. The van der Waals surface area contributed by atoms with Gasteiger partial charge in [0.15, 0.2) is 0 Å². The number of methoxy groups -OCH3 is 1. The van der Waals surface area contributed by atoms with Crippen molar-refractivity contribution < 1.29 is 13.9 Å². The molecule has 2 N–H and O–H groups in total. The second kappa shape index (κ2) is 6.41. The monoisotopic (exact) mass is 288 g/mol. The fraction of sp³-hybridized carbons (Fsp3) is 0.615. The molecule has 2 heterocycles. The van der Waals surface area contributed by atoms with E-state index in [1.165, 1.54) is 7.11 Å². The number of ether oxygens (including phenoxy) is 1. The van der Waals surface area contributed by atoms with Crippen molar-refractivity contribution in [3.63, 3.8) is 0 Å². The lowest BCUT2D eigenvalue weighted by Gasteiger charge is -2.12. The molecule has 0 radical (unpaired) electrons. The van der Waals surface area contributed by atoms with Gasteiger partial charge in [-0.15, -0.1) is 12.4 Å². The summed E-state index contributed by atoms with van der Waals surface area (Å²) in [5.74, 6) is 1.54. The van der Waals surface area contributed by atoms with Gasteiger partial charge in [-0.2, -0.15) is 0 Å². The van der Waals surface area contributed by atoms with Crippen LogP contribution < -0.4 is 5.73 Å². The van der Waals surface area contributed by atoms with Gasteiger partial charge in [0.25, 0.3) is 0 Å². The van der Waals surface area contributed by atoms with Gasteiger partial charge >= 0.3 is 5.97 Å². The molecule has 1 aromatic heterocycles. The Morgan fingerprint density at radius 2 is 2.26 bits per heavy atom. The smallest absolute Gasteiger partial charge is 0.341 e. The van der Waals surface area contributed by atoms with Crippen molar-refractivity contribution in [2.75, 3.05) is 20.2 Å². The molecule has 0 saturated carbocycles. The first-order valence-electron chi connectivity index (χ1n) is 6.16. The quantitative estimate of drug-likeness (QED) is 0.855. The van der Waals surface area contributed by atoms with E-state index < -0.39 is 0 Å². The molecule has 0 aromatic carbocycles. The number of halogens is 1. The van der Waals surface area contributed by atoms with Crippen LogP contribution in [0.25, 0.3) is 0 Å². The van der Waals surface area contributed by atoms with Gasteiger partial charge in [-0.1, -0.05) is 6.92 Å². The molecule has 1 saturated heterocycles. The maximum atomic E-state index is 11.5. The highest BCUT2D eigenvalue weighted by atomic mass is 35.5. The van der Waals surface area contributed by atoms with Crippen LogP contribution in [-0.4, -0.2) is 37.1 Å². The molecule has 0 aliphatic carbocycles. The molecule has 0 bridgehead atoms. The van der Waals surface area contributed by atoms with Crippen molar-refractivity contribution in [3.8, 4) is 0 Å². The first-order chi connectivity index (χ1) is 8.51. The van der Waals surface area contributed by atoms with Crippen molar-refractivity contribution in [2.24, 2.45) is 11.7 Å². The molecule has 1 aliphatic rings. The lowest BCUT2D eigenvalue weighted by Crippen LogP contribution is -2.28. The summed E-state index contributed by atoms with van der Waals surface area (Å²) in [5, 5.41) is 0. The molecule has 108 valence electrons. The molecule has 1 aliphatic heterocycles. The van der Waals surface area contributed by atoms with Gasteiger partial charge in [-0.3, -0.25) is 4.90 Å². The minimum Gasteiger partial charge on any atom is -0.465 e. The van der Waals surface area contributed by atoms with Gasteiger partial charge in [0.1, 0.15) is 17.1 Å². The Kier molecular flexibility index (Phi) is 5.40. The third-order valence-corrected chi connectivity index (χ3v) is 3.50. The van der Waals surface area contributed by atoms with E-state index in [-0.39, 0.29) is 24.4 Å². The number of carbonyl (C=O) groups is 1. The minimum absolute atomic E-state index is 0. The topological polar surface area (TPSA) is 68.7 Å². The summed E-state index contributed by atoms with van der Waals surface area (Å²) in [4.78, 5) is 13.7. The Hall–Kier alpha value is -1.04. The third kappa shape index (κ3) is 3.49. The largest absolute Gasteiger partial charge is 0.465 e. The van der Waals surface area contributed by atoms with E-state index in [1.807, 2.05) is 0 Å². The summed E-state index contributed by atoms with van der Waals surface area (Å²) < 4.78 is 10.3. The average molecular weight is 289 g/mol. The Bertz CT molecular complexity index is 437. The summed E-state index contributed by atoms with van der Waals surface area (Å²) in [6, 6.07) is 1.98. The molecule has 2 atom stereocenters. The molecule has 0 amide bonds. The van der Waals surface area contributed by atoms with Crippen LogP contribution in [0.15, 0.2) is 10.5 Å². The number of esters is 1. The number of nitrogens with zero attached hydrogens (tertiary/aromatic N) is 1. The zero-order chi connectivity index (χ0) is 13.3. The summed E-state index contributed by atoms with van der Waals surface area (Å²) in [5.41, 5.74) is 6.48. The Balaban J connectivity index is 0.00000180. The van der Waals surface area contributed by atoms with E-state index in [0.717, 1.165) is 18.8 Å². The maximum Gasteiger partial charge on any atom is 0.341 e. The molecule has 19 heavy (non-hydrogen) atoms. The summed E-state index contributed by atoms with van der Waals surface area (Å²) >= 11 is 0. The zero-order valence-corrected chi connectivity index (χ0v) is 12.3. The molecule has 1 aromatic rings. The number of carbonyl (C=O) groups excluding carboxylic acids is 1. The SMILES string of the molecule is COC(=O)c1cc(CN2CC(C)C(N)C2)oc1C.Cl. The Morgan fingerprint density at radius 3 is 2.79 bits per heavy atom. The second-order valence-electron chi connectivity index (χ2n) is 5.01. The van der Waals surface area contributed by atoms with Gasteiger partial charge in [0, 0.05) is 19.1 Å². The summed E-state index contributed by atoms with van der Waals surface area (Å²) in [7, 11) is 1.37. The van der Waals surface area contributed by atoms with Crippen LogP contribution in [0.3, 0.4) is 0 Å². The first-order valence-corrected chi connectivity index (χ1v) is 6.16. The van der Waals surface area contributed by atoms with Crippen LogP contribution in [0.2, 0.25) is 0 Å². The van der Waals surface area contributed by atoms with Gasteiger partial charge in [0.05, 0.1) is 13.7 Å². The highest BCUT2D eigenvalue weighted by Gasteiger charge is 2.27. The van der Waals surface area contributed by atoms with E-state index in [4.69, 9.17) is 14.9 Å². The van der Waals surface area contributed by atoms with Gasteiger partial charge in [-0.25, -0.2) is 4.79 Å². The molecule has 6 heteroatoms. The number of furan rings is 1. The normalized spacial score (nSPS) is 23.2. The van der Waals surface area contributed by atoms with E-state index >= 15 is 0 Å². The van der Waals surface area contributed by atoms with Crippen LogP contribution in [0.4, 0.5) is 0 Å². The van der Waals surface area contributed by atoms with Crippen LogP contribution in [0, 0.1) is 12.8 Å². The molecule has 2 rings (SSSR count). The number of aryl methyl sites for hydroxylation is 1. The average Bonchev–Trinajstić information content (AvgIpc) is 2.82. The summed E-state index contributed by atoms with van der Waals surface area (Å²) in [6.07, 6.45) is 0. The van der Waals surface area contributed by atoms with Crippen molar-refractivity contribution >= 4 is 18.4 Å². The van der Waals surface area contributed by atoms with Crippen molar-refractivity contribution in [3.05, 3.63) is 23.2 Å². The van der Waals surface area contributed by atoms with E-state index in [0.29, 0.717) is 23.8 Å². The molecule has 2 unspecified atom stereocenters. The predicted octanol–water partition coefficient (Wildman–Crippen LogP) is 1.58. The third-order valence-electron chi connectivity index (χ3n) is 3.50. The van der Waals surface area contributed by atoms with E-state index in [9.17, 15) is 4.79 Å². The lowest BCUT2D eigenvalue weighted by atomic mass is 10.1. The number of likely N-dealkylation sites (tertiary alicyclic amines) is 1. The molecular formula is C13H21ClN2O3. The number of rotatable bonds is 3. The Morgan fingerprint density at radius 1 is 1.58 bits per heavy atom. The fourth-order valence-electron chi connectivity index (χ4n) is 2.38. The van der Waals surface area contributed by atoms with Crippen molar-refractivity contribution in [2.45, 2.75) is 26.4 Å². The van der Waals surface area contributed by atoms with E-state index in [1.54, 1.807) is 13.0 Å². The minimum atomic E-state index is -0.353. The van der Waals surface area contributed by atoms with Crippen LogP contribution >= 0.6 is 12.4 Å². The second-order valence-corrected chi connectivity index (χ2v) is 5.01. The first kappa shape index (κ1) is 16.0.